The van der Waals surface area contributed by atoms with Crippen LogP contribution in [0.1, 0.15) is 27.7 Å². The molecule has 1 fully saturated rings. The minimum absolute atomic E-state index is 0.300. The Kier molecular flexibility index (Phi) is 3.61. The minimum atomic E-state index is -0.304. The van der Waals surface area contributed by atoms with Gasteiger partial charge in [0.15, 0.2) is 0 Å². The molecule has 0 radical (unpaired) electrons. The van der Waals surface area contributed by atoms with Gasteiger partial charge in [0, 0.05) is 9.58 Å². The first-order valence-corrected chi connectivity index (χ1v) is 9.12. The first-order chi connectivity index (χ1) is 11.4. The zero-order valence-electron chi connectivity index (χ0n) is 14.5. The van der Waals surface area contributed by atoms with E-state index in [-0.39, 0.29) is 18.3 Å². The van der Waals surface area contributed by atoms with E-state index in [1.807, 2.05) is 11.3 Å². The standard InChI is InChI=1S/C20H21BO2S/c1-19(2)20(3,4)23-21(22-19)16-11-9-14(10-12-16)18-13-15-7-5-6-8-17(15)24-18/h5-13H,1-4H3. The predicted octanol–water partition coefficient (Wildman–Crippen LogP) is 4.87. The van der Waals surface area contributed by atoms with Crippen LogP contribution in [0.25, 0.3) is 20.5 Å². The fraction of sp³-hybridized carbons (Fsp3) is 0.300. The van der Waals surface area contributed by atoms with E-state index >= 15 is 0 Å². The molecule has 0 saturated carbocycles. The molecule has 1 saturated heterocycles. The van der Waals surface area contributed by atoms with Crippen molar-refractivity contribution in [1.29, 1.82) is 0 Å². The van der Waals surface area contributed by atoms with Crippen LogP contribution >= 0.6 is 11.3 Å². The van der Waals surface area contributed by atoms with Gasteiger partial charge in [-0.05, 0) is 56.2 Å². The smallest absolute Gasteiger partial charge is 0.399 e. The molecule has 122 valence electrons. The Morgan fingerprint density at radius 2 is 1.46 bits per heavy atom. The van der Waals surface area contributed by atoms with Crippen LogP contribution in [0, 0.1) is 0 Å². The predicted molar refractivity (Wildman–Crippen MR) is 103 cm³/mol. The fourth-order valence-corrected chi connectivity index (χ4v) is 3.98. The van der Waals surface area contributed by atoms with E-state index in [0.29, 0.717) is 0 Å². The van der Waals surface area contributed by atoms with Gasteiger partial charge in [0.2, 0.25) is 0 Å². The number of rotatable bonds is 2. The van der Waals surface area contributed by atoms with Crippen molar-refractivity contribution >= 4 is 34.0 Å². The van der Waals surface area contributed by atoms with Gasteiger partial charge in [0.25, 0.3) is 0 Å². The first kappa shape index (κ1) is 15.9. The van der Waals surface area contributed by atoms with Gasteiger partial charge in [0.1, 0.15) is 0 Å². The Balaban J connectivity index is 1.61. The molecular weight excluding hydrogens is 315 g/mol. The average Bonchev–Trinajstić information content (AvgIpc) is 3.06. The maximum absolute atomic E-state index is 6.12. The first-order valence-electron chi connectivity index (χ1n) is 8.30. The normalized spacial score (nSPS) is 19.1. The Bertz CT molecular complexity index is 831. The molecule has 1 aliphatic rings. The monoisotopic (exact) mass is 336 g/mol. The van der Waals surface area contributed by atoms with Crippen molar-refractivity contribution in [2.45, 2.75) is 38.9 Å². The summed E-state index contributed by atoms with van der Waals surface area (Å²) in [6.07, 6.45) is 0. The lowest BCUT2D eigenvalue weighted by Crippen LogP contribution is -2.41. The zero-order valence-corrected chi connectivity index (χ0v) is 15.3. The second-order valence-electron chi connectivity index (χ2n) is 7.36. The molecule has 4 rings (SSSR count). The topological polar surface area (TPSA) is 18.5 Å². The molecule has 24 heavy (non-hydrogen) atoms. The molecule has 0 unspecified atom stereocenters. The number of thiophene rings is 1. The van der Waals surface area contributed by atoms with Crippen LogP contribution in [0.2, 0.25) is 0 Å². The summed E-state index contributed by atoms with van der Waals surface area (Å²) < 4.78 is 13.6. The zero-order chi connectivity index (χ0) is 16.9. The Labute approximate surface area is 147 Å². The van der Waals surface area contributed by atoms with E-state index in [4.69, 9.17) is 9.31 Å². The maximum Gasteiger partial charge on any atom is 0.494 e. The van der Waals surface area contributed by atoms with E-state index < -0.39 is 0 Å². The molecule has 1 aliphatic heterocycles. The highest BCUT2D eigenvalue weighted by atomic mass is 32.1. The lowest BCUT2D eigenvalue weighted by Gasteiger charge is -2.32. The van der Waals surface area contributed by atoms with Crippen LogP contribution in [0.5, 0.6) is 0 Å². The molecule has 2 nitrogen and oxygen atoms in total. The summed E-state index contributed by atoms with van der Waals surface area (Å²) in [5, 5.41) is 1.30. The molecule has 0 bridgehead atoms. The van der Waals surface area contributed by atoms with Crippen LogP contribution < -0.4 is 5.46 Å². The largest absolute Gasteiger partial charge is 0.494 e. The molecule has 4 heteroatoms. The third kappa shape index (κ3) is 2.59. The van der Waals surface area contributed by atoms with Crippen molar-refractivity contribution in [3.05, 3.63) is 54.6 Å². The molecule has 0 spiro atoms. The van der Waals surface area contributed by atoms with E-state index in [9.17, 15) is 0 Å². The van der Waals surface area contributed by atoms with Crippen molar-refractivity contribution in [3.8, 4) is 10.4 Å². The van der Waals surface area contributed by atoms with Crippen LogP contribution in [0.4, 0.5) is 0 Å². The Morgan fingerprint density at radius 1 is 0.833 bits per heavy atom. The molecule has 3 aromatic rings. The van der Waals surface area contributed by atoms with Gasteiger partial charge in [-0.3, -0.25) is 0 Å². The number of fused-ring (bicyclic) bond motifs is 1. The third-order valence-electron chi connectivity index (χ3n) is 5.15. The lowest BCUT2D eigenvalue weighted by atomic mass is 9.79. The second kappa shape index (κ2) is 5.45. The van der Waals surface area contributed by atoms with Gasteiger partial charge >= 0.3 is 7.12 Å². The molecule has 0 amide bonds. The third-order valence-corrected chi connectivity index (χ3v) is 6.31. The molecule has 0 aliphatic carbocycles. The number of benzene rings is 2. The van der Waals surface area contributed by atoms with E-state index in [1.54, 1.807) is 0 Å². The summed E-state index contributed by atoms with van der Waals surface area (Å²) in [6, 6.07) is 19.3. The van der Waals surface area contributed by atoms with Crippen LogP contribution in [0.3, 0.4) is 0 Å². The number of hydrogen-bond acceptors (Lipinski definition) is 3. The van der Waals surface area contributed by atoms with Crippen molar-refractivity contribution in [3.63, 3.8) is 0 Å². The van der Waals surface area contributed by atoms with Gasteiger partial charge in [-0.15, -0.1) is 11.3 Å². The summed E-state index contributed by atoms with van der Waals surface area (Å²) in [4.78, 5) is 1.29. The highest BCUT2D eigenvalue weighted by Crippen LogP contribution is 2.37. The van der Waals surface area contributed by atoms with Gasteiger partial charge in [-0.2, -0.15) is 0 Å². The molecule has 0 atom stereocenters. The van der Waals surface area contributed by atoms with Crippen molar-refractivity contribution < 1.29 is 9.31 Å². The lowest BCUT2D eigenvalue weighted by molar-refractivity contribution is 0.00578. The van der Waals surface area contributed by atoms with Gasteiger partial charge in [-0.25, -0.2) is 0 Å². The maximum atomic E-state index is 6.12. The Hall–Kier alpha value is -1.62. The summed E-state index contributed by atoms with van der Waals surface area (Å²) >= 11 is 1.83. The second-order valence-corrected chi connectivity index (χ2v) is 8.44. The van der Waals surface area contributed by atoms with E-state index in [2.05, 4.69) is 82.3 Å². The number of hydrogen-bond donors (Lipinski definition) is 0. The van der Waals surface area contributed by atoms with Crippen molar-refractivity contribution in [2.24, 2.45) is 0 Å². The van der Waals surface area contributed by atoms with Gasteiger partial charge < -0.3 is 9.31 Å². The fourth-order valence-electron chi connectivity index (χ4n) is 2.91. The van der Waals surface area contributed by atoms with Crippen molar-refractivity contribution in [1.82, 2.24) is 0 Å². The summed E-state index contributed by atoms with van der Waals surface area (Å²) in [6.45, 7) is 8.33. The van der Waals surface area contributed by atoms with Crippen molar-refractivity contribution in [2.75, 3.05) is 0 Å². The molecule has 2 heterocycles. The summed E-state index contributed by atoms with van der Waals surface area (Å²) in [5.41, 5.74) is 1.69. The molecular formula is C20H21BO2S. The Morgan fingerprint density at radius 3 is 2.08 bits per heavy atom. The average molecular weight is 336 g/mol. The molecule has 1 aromatic heterocycles. The van der Waals surface area contributed by atoms with E-state index in [1.165, 1.54) is 20.5 Å². The highest BCUT2D eigenvalue weighted by molar-refractivity contribution is 7.22. The van der Waals surface area contributed by atoms with Gasteiger partial charge in [-0.1, -0.05) is 42.5 Å². The van der Waals surface area contributed by atoms with Gasteiger partial charge in [0.05, 0.1) is 11.2 Å². The molecule has 2 aromatic carbocycles. The SMILES string of the molecule is CC1(C)OB(c2ccc(-c3cc4ccccc4s3)cc2)OC1(C)C. The van der Waals surface area contributed by atoms with E-state index in [0.717, 1.165) is 5.46 Å². The summed E-state index contributed by atoms with van der Waals surface area (Å²) in [7, 11) is -0.300. The van der Waals surface area contributed by atoms with Crippen LogP contribution in [0.15, 0.2) is 54.6 Å². The highest BCUT2D eigenvalue weighted by Gasteiger charge is 2.51. The summed E-state index contributed by atoms with van der Waals surface area (Å²) in [5.74, 6) is 0. The van der Waals surface area contributed by atoms with Crippen LogP contribution in [-0.4, -0.2) is 18.3 Å². The quantitative estimate of drug-likeness (QED) is 0.622. The van der Waals surface area contributed by atoms with Crippen LogP contribution in [-0.2, 0) is 9.31 Å². The minimum Gasteiger partial charge on any atom is -0.399 e. The molecule has 0 N–H and O–H groups in total.